The van der Waals surface area contributed by atoms with E-state index in [-0.39, 0.29) is 54.1 Å². The van der Waals surface area contributed by atoms with Crippen molar-refractivity contribution in [3.8, 4) is 11.8 Å². The zero-order valence-corrected chi connectivity index (χ0v) is 21.3. The largest absolute Gasteiger partial charge is 0.462 e. The third-order valence-electron chi connectivity index (χ3n) is 6.21. The Morgan fingerprint density at radius 1 is 1.24 bits per heavy atom. The highest BCUT2D eigenvalue weighted by molar-refractivity contribution is 5.95. The number of aliphatic hydroxyl groups is 1. The van der Waals surface area contributed by atoms with Crippen LogP contribution in [0.25, 0.3) is 10.9 Å². The number of hydrogen-bond donors (Lipinski definition) is 1. The molecule has 1 aromatic carbocycles. The van der Waals surface area contributed by atoms with Crippen LogP contribution in [0.4, 0.5) is 13.6 Å². The van der Waals surface area contributed by atoms with Crippen molar-refractivity contribution in [2.24, 2.45) is 0 Å². The van der Waals surface area contributed by atoms with Crippen molar-refractivity contribution in [1.82, 2.24) is 9.47 Å². The van der Waals surface area contributed by atoms with Crippen LogP contribution in [-0.2, 0) is 9.47 Å². The lowest BCUT2D eigenvalue weighted by molar-refractivity contribution is 0.0211. The van der Waals surface area contributed by atoms with Crippen molar-refractivity contribution in [3.05, 3.63) is 45.2 Å². The average molecular weight is 517 g/mol. The maximum absolute atomic E-state index is 15.1. The number of esters is 1. The number of fused-ring (bicyclic) bond motifs is 1. The second kappa shape index (κ2) is 10.1. The number of nitrogens with zero attached hydrogens (tertiary/aromatic N) is 2. The lowest BCUT2D eigenvalue weighted by Gasteiger charge is -2.27. The number of hydrogen-bond acceptors (Lipinski definition) is 6. The van der Waals surface area contributed by atoms with E-state index in [0.29, 0.717) is 0 Å². The number of carbonyl (C=O) groups excluding carboxylic acids is 2. The van der Waals surface area contributed by atoms with Crippen LogP contribution in [-0.4, -0.2) is 57.5 Å². The fourth-order valence-electron chi connectivity index (χ4n) is 4.46. The number of rotatable bonds is 4. The lowest BCUT2D eigenvalue weighted by Crippen LogP contribution is -2.40. The normalized spacial score (nSPS) is 19.5. The number of ether oxygens (including phenoxy) is 2. The summed E-state index contributed by atoms with van der Waals surface area (Å²) in [5.74, 6) is 2.19. The van der Waals surface area contributed by atoms with Gasteiger partial charge in [0.15, 0.2) is 11.6 Å². The Balaban J connectivity index is 1.74. The number of carbonyl (C=O) groups is 2. The quantitative estimate of drug-likeness (QED) is 0.489. The molecule has 1 N–H and O–H groups in total. The van der Waals surface area contributed by atoms with Crippen LogP contribution in [0, 0.1) is 23.5 Å². The van der Waals surface area contributed by atoms with Gasteiger partial charge in [-0.05, 0) is 53.0 Å². The SMILES string of the molecule is CCOC(=O)c1cn(C2CC2)c2c(C#CC[C@@H]3C[C@@H](O)CN3C(=O)OC(C)(C)C)c(F)c(F)cc2c1=O. The molecule has 1 saturated carbocycles. The Morgan fingerprint density at radius 3 is 2.57 bits per heavy atom. The third-order valence-corrected chi connectivity index (χ3v) is 6.21. The van der Waals surface area contributed by atoms with E-state index in [0.717, 1.165) is 18.9 Å². The second-order valence-electron chi connectivity index (χ2n) is 10.4. The average Bonchev–Trinajstić information content (AvgIpc) is 3.58. The smallest absolute Gasteiger partial charge is 0.410 e. The Bertz CT molecular complexity index is 1360. The molecule has 1 aliphatic heterocycles. The van der Waals surface area contributed by atoms with Crippen molar-refractivity contribution < 1.29 is 33.0 Å². The van der Waals surface area contributed by atoms with E-state index in [1.807, 2.05) is 0 Å². The molecule has 4 rings (SSSR count). The second-order valence-corrected chi connectivity index (χ2v) is 10.4. The Morgan fingerprint density at radius 2 is 1.95 bits per heavy atom. The Labute approximate surface area is 213 Å². The topological polar surface area (TPSA) is 98.1 Å². The first-order valence-electron chi connectivity index (χ1n) is 12.3. The summed E-state index contributed by atoms with van der Waals surface area (Å²) in [6, 6.07) is 0.216. The molecule has 1 amide bonds. The number of likely N-dealkylation sites (tertiary alicyclic amines) is 1. The molecule has 2 aliphatic rings. The number of pyridine rings is 1. The molecular weight excluding hydrogens is 486 g/mol. The summed E-state index contributed by atoms with van der Waals surface area (Å²) in [5, 5.41) is 9.96. The van der Waals surface area contributed by atoms with Gasteiger partial charge in [0.1, 0.15) is 11.2 Å². The molecule has 2 atom stereocenters. The van der Waals surface area contributed by atoms with Crippen molar-refractivity contribution in [2.45, 2.75) is 77.2 Å². The lowest BCUT2D eigenvalue weighted by atomic mass is 10.0. The minimum Gasteiger partial charge on any atom is -0.462 e. The number of β-amino-alcohol motifs (C(OH)–C–C–N with tert-alkyl or cyclic N) is 1. The molecule has 37 heavy (non-hydrogen) atoms. The van der Waals surface area contributed by atoms with Gasteiger partial charge in [0, 0.05) is 24.7 Å². The summed E-state index contributed by atoms with van der Waals surface area (Å²) < 4.78 is 41.6. The van der Waals surface area contributed by atoms with E-state index in [1.165, 1.54) is 11.1 Å². The molecule has 2 heterocycles. The van der Waals surface area contributed by atoms with Gasteiger partial charge in [-0.25, -0.2) is 18.4 Å². The van der Waals surface area contributed by atoms with E-state index in [9.17, 15) is 23.9 Å². The zero-order chi connectivity index (χ0) is 27.1. The number of benzene rings is 1. The van der Waals surface area contributed by atoms with Crippen molar-refractivity contribution in [2.75, 3.05) is 13.2 Å². The van der Waals surface area contributed by atoms with Gasteiger partial charge < -0.3 is 24.0 Å². The third kappa shape index (κ3) is 5.62. The van der Waals surface area contributed by atoms with Gasteiger partial charge >= 0.3 is 12.1 Å². The molecule has 8 nitrogen and oxygen atoms in total. The molecule has 2 fully saturated rings. The van der Waals surface area contributed by atoms with E-state index in [4.69, 9.17) is 9.47 Å². The van der Waals surface area contributed by atoms with Gasteiger partial charge in [0.25, 0.3) is 0 Å². The van der Waals surface area contributed by atoms with Crippen LogP contribution < -0.4 is 5.43 Å². The minimum atomic E-state index is -1.26. The molecule has 0 spiro atoms. The fraction of sp³-hybridized carbons (Fsp3) is 0.519. The van der Waals surface area contributed by atoms with E-state index < -0.39 is 46.9 Å². The molecule has 0 bridgehead atoms. The predicted octanol–water partition coefficient (Wildman–Crippen LogP) is 3.90. The number of amides is 1. The molecule has 0 unspecified atom stereocenters. The first kappa shape index (κ1) is 26.6. The van der Waals surface area contributed by atoms with Crippen LogP contribution in [0.15, 0.2) is 17.1 Å². The van der Waals surface area contributed by atoms with Crippen molar-refractivity contribution >= 4 is 23.0 Å². The maximum atomic E-state index is 15.1. The highest BCUT2D eigenvalue weighted by Gasteiger charge is 2.36. The van der Waals surface area contributed by atoms with Crippen LogP contribution in [0.1, 0.15) is 75.3 Å². The first-order valence-corrected chi connectivity index (χ1v) is 12.3. The summed E-state index contributed by atoms with van der Waals surface area (Å²) in [7, 11) is 0. The number of aromatic nitrogens is 1. The van der Waals surface area contributed by atoms with Gasteiger partial charge in [-0.15, -0.1) is 0 Å². The minimum absolute atomic E-state index is 0.0599. The number of halogens is 2. The van der Waals surface area contributed by atoms with E-state index >= 15 is 4.39 Å². The van der Waals surface area contributed by atoms with Gasteiger partial charge in [0.2, 0.25) is 5.43 Å². The molecule has 198 valence electrons. The van der Waals surface area contributed by atoms with Gasteiger partial charge in [-0.3, -0.25) is 4.79 Å². The highest BCUT2D eigenvalue weighted by Crippen LogP contribution is 2.38. The molecule has 2 aromatic rings. The van der Waals surface area contributed by atoms with Crippen LogP contribution in [0.3, 0.4) is 0 Å². The summed E-state index contributed by atoms with van der Waals surface area (Å²) in [6.07, 6.45) is 1.81. The number of aliphatic hydroxyl groups excluding tert-OH is 1. The van der Waals surface area contributed by atoms with E-state index in [1.54, 1.807) is 32.3 Å². The molecule has 1 aliphatic carbocycles. The Kier molecular flexibility index (Phi) is 7.29. The molecule has 1 saturated heterocycles. The first-order chi connectivity index (χ1) is 17.4. The van der Waals surface area contributed by atoms with Gasteiger partial charge in [-0.2, -0.15) is 0 Å². The summed E-state index contributed by atoms with van der Waals surface area (Å²) in [6.45, 7) is 6.94. The summed E-state index contributed by atoms with van der Waals surface area (Å²) in [4.78, 5) is 39.4. The van der Waals surface area contributed by atoms with Crippen LogP contribution in [0.2, 0.25) is 0 Å². The predicted molar refractivity (Wildman–Crippen MR) is 131 cm³/mol. The monoisotopic (exact) mass is 516 g/mol. The molecule has 10 heteroatoms. The van der Waals surface area contributed by atoms with Crippen LogP contribution >= 0.6 is 0 Å². The summed E-state index contributed by atoms with van der Waals surface area (Å²) in [5.41, 5.74) is -1.92. The fourth-order valence-corrected chi connectivity index (χ4v) is 4.46. The maximum Gasteiger partial charge on any atom is 0.410 e. The van der Waals surface area contributed by atoms with Gasteiger partial charge in [0.05, 0.1) is 35.7 Å². The van der Waals surface area contributed by atoms with Crippen LogP contribution in [0.5, 0.6) is 0 Å². The van der Waals surface area contributed by atoms with Crippen molar-refractivity contribution in [1.29, 1.82) is 0 Å². The van der Waals surface area contributed by atoms with Gasteiger partial charge in [-0.1, -0.05) is 11.8 Å². The Hall–Kier alpha value is -3.45. The van der Waals surface area contributed by atoms with Crippen molar-refractivity contribution in [3.63, 3.8) is 0 Å². The zero-order valence-electron chi connectivity index (χ0n) is 21.3. The molecule has 0 radical (unpaired) electrons. The highest BCUT2D eigenvalue weighted by atomic mass is 19.2. The standard InChI is InChI=1S/C27H30F2N2O6/c1-5-36-25(34)20-14-30(15-9-10-15)23-18(22(29)21(28)12-19(23)24(20)33)8-6-7-16-11-17(32)13-31(16)26(35)37-27(2,3)4/h12,14-17,32H,5,7,9-11,13H2,1-4H3/t16-,17-/m1/s1. The molecule has 1 aromatic heterocycles. The van der Waals surface area contributed by atoms with E-state index in [2.05, 4.69) is 11.8 Å². The summed E-state index contributed by atoms with van der Waals surface area (Å²) >= 11 is 0. The molecular formula is C27H30F2N2O6.